The molecule has 2 aromatic heterocycles. The van der Waals surface area contributed by atoms with E-state index in [4.69, 9.17) is 5.73 Å². The van der Waals surface area contributed by atoms with Crippen LogP contribution in [0, 0.1) is 12.0 Å². The van der Waals surface area contributed by atoms with Gasteiger partial charge in [-0.15, -0.1) is 0 Å². The second kappa shape index (κ2) is 5.16. The molecule has 0 fully saturated rings. The van der Waals surface area contributed by atoms with E-state index in [9.17, 15) is 9.18 Å². The first-order valence-electron chi connectivity index (χ1n) is 6.13. The van der Waals surface area contributed by atoms with E-state index < -0.39 is 6.03 Å². The molecule has 1 radical (unpaired) electrons. The molecule has 6 heteroatoms. The number of amides is 1. The highest BCUT2D eigenvalue weighted by Crippen LogP contribution is 2.19. The summed E-state index contributed by atoms with van der Waals surface area (Å²) >= 11 is 0. The van der Waals surface area contributed by atoms with E-state index in [0.717, 1.165) is 10.2 Å². The van der Waals surface area contributed by atoms with Crippen molar-refractivity contribution in [3.8, 4) is 0 Å². The number of primary amides is 1. The van der Waals surface area contributed by atoms with Crippen molar-refractivity contribution in [1.82, 2.24) is 14.8 Å². The van der Waals surface area contributed by atoms with E-state index >= 15 is 0 Å². The Bertz CT molecular complexity index is 837. The lowest BCUT2D eigenvalue weighted by atomic mass is 10.1. The van der Waals surface area contributed by atoms with E-state index in [1.54, 1.807) is 30.4 Å². The molecule has 1 amide bonds. The van der Waals surface area contributed by atoms with Gasteiger partial charge in [-0.05, 0) is 29.8 Å². The van der Waals surface area contributed by atoms with Crippen molar-refractivity contribution in [3.05, 3.63) is 59.8 Å². The van der Waals surface area contributed by atoms with E-state index in [2.05, 4.69) is 16.3 Å². The fourth-order valence-electron chi connectivity index (χ4n) is 1.97. The summed E-state index contributed by atoms with van der Waals surface area (Å²) in [4.78, 5) is 15.2. The molecule has 5 nitrogen and oxygen atoms in total. The summed E-state index contributed by atoms with van der Waals surface area (Å²) in [5.41, 5.74) is 7.17. The molecule has 0 saturated heterocycles. The van der Waals surface area contributed by atoms with Crippen molar-refractivity contribution in [2.45, 2.75) is 0 Å². The van der Waals surface area contributed by atoms with Gasteiger partial charge in [0, 0.05) is 5.39 Å². The number of rotatable bonds is 2. The van der Waals surface area contributed by atoms with Crippen LogP contribution in [0.3, 0.4) is 0 Å². The molecule has 0 bridgehead atoms. The van der Waals surface area contributed by atoms with Crippen LogP contribution in [0.4, 0.5) is 9.18 Å². The topological polar surface area (TPSA) is 73.8 Å². The van der Waals surface area contributed by atoms with Crippen molar-refractivity contribution in [2.24, 2.45) is 5.73 Å². The first-order valence-corrected chi connectivity index (χ1v) is 6.13. The minimum Gasteiger partial charge on any atom is -0.350 e. The number of hydrogen-bond acceptors (Lipinski definition) is 3. The van der Waals surface area contributed by atoms with Gasteiger partial charge in [-0.2, -0.15) is 9.78 Å². The second-order valence-electron chi connectivity index (χ2n) is 4.35. The summed E-state index contributed by atoms with van der Waals surface area (Å²) in [5, 5.41) is 4.85. The normalized spacial score (nSPS) is 11.3. The number of fused-ring (bicyclic) bond motifs is 1. The van der Waals surface area contributed by atoms with Crippen LogP contribution in [0.25, 0.3) is 23.1 Å². The molecule has 1 aromatic carbocycles. The van der Waals surface area contributed by atoms with Gasteiger partial charge in [0.2, 0.25) is 0 Å². The maximum atomic E-state index is 12.8. The number of aromatic nitrogens is 3. The second-order valence-corrected chi connectivity index (χ2v) is 4.35. The molecule has 103 valence electrons. The van der Waals surface area contributed by atoms with E-state index in [1.807, 2.05) is 0 Å². The summed E-state index contributed by atoms with van der Waals surface area (Å²) in [6.07, 6.45) is 7.67. The lowest BCUT2D eigenvalue weighted by molar-refractivity contribution is 0.248. The zero-order chi connectivity index (χ0) is 14.8. The molecular weight excluding hydrogens is 271 g/mol. The SMILES string of the molecule is NC(=O)n1nc(C=Cc2ccc(F)cc2)c2c[c]ncc21. The molecular formula is C15H10FN4O. The molecule has 3 rings (SSSR count). The minimum atomic E-state index is -0.686. The van der Waals surface area contributed by atoms with E-state index in [-0.39, 0.29) is 5.82 Å². The maximum absolute atomic E-state index is 12.8. The first kappa shape index (κ1) is 13.0. The molecule has 0 unspecified atom stereocenters. The van der Waals surface area contributed by atoms with Gasteiger partial charge in [0.15, 0.2) is 0 Å². The fourth-order valence-corrected chi connectivity index (χ4v) is 1.97. The zero-order valence-electron chi connectivity index (χ0n) is 10.8. The molecule has 0 spiro atoms. The monoisotopic (exact) mass is 281 g/mol. The average Bonchev–Trinajstić information content (AvgIpc) is 2.86. The molecule has 0 aliphatic heterocycles. The Balaban J connectivity index is 2.04. The number of halogens is 1. The van der Waals surface area contributed by atoms with E-state index in [0.29, 0.717) is 16.6 Å². The summed E-state index contributed by atoms with van der Waals surface area (Å²) in [6.45, 7) is 0. The van der Waals surface area contributed by atoms with Crippen molar-refractivity contribution in [3.63, 3.8) is 0 Å². The van der Waals surface area contributed by atoms with Gasteiger partial charge in [0.05, 0.1) is 23.6 Å². The summed E-state index contributed by atoms with van der Waals surface area (Å²) in [7, 11) is 0. The van der Waals surface area contributed by atoms with Crippen LogP contribution in [-0.4, -0.2) is 20.8 Å². The van der Waals surface area contributed by atoms with Crippen molar-refractivity contribution >= 4 is 29.1 Å². The molecule has 21 heavy (non-hydrogen) atoms. The smallest absolute Gasteiger partial charge is 0.340 e. The number of benzene rings is 1. The van der Waals surface area contributed by atoms with Gasteiger partial charge in [-0.25, -0.2) is 9.18 Å². The van der Waals surface area contributed by atoms with Crippen molar-refractivity contribution in [1.29, 1.82) is 0 Å². The van der Waals surface area contributed by atoms with Gasteiger partial charge in [0.1, 0.15) is 5.82 Å². The molecule has 0 aliphatic carbocycles. The van der Waals surface area contributed by atoms with Gasteiger partial charge in [-0.3, -0.25) is 4.98 Å². The van der Waals surface area contributed by atoms with E-state index in [1.165, 1.54) is 18.3 Å². The number of nitrogens with zero attached hydrogens (tertiary/aromatic N) is 3. The van der Waals surface area contributed by atoms with Crippen LogP contribution >= 0.6 is 0 Å². The third-order valence-corrected chi connectivity index (χ3v) is 2.97. The highest BCUT2D eigenvalue weighted by atomic mass is 19.1. The van der Waals surface area contributed by atoms with Crippen LogP contribution in [-0.2, 0) is 0 Å². The number of nitrogens with two attached hydrogens (primary N) is 1. The molecule has 0 saturated carbocycles. The average molecular weight is 281 g/mol. The number of carbonyl (C=O) groups is 1. The van der Waals surface area contributed by atoms with Crippen LogP contribution in [0.15, 0.2) is 36.5 Å². The van der Waals surface area contributed by atoms with Crippen LogP contribution in [0.1, 0.15) is 11.3 Å². The Labute approximate surface area is 119 Å². The fraction of sp³-hybridized carbons (Fsp3) is 0. The number of pyridine rings is 1. The van der Waals surface area contributed by atoms with Gasteiger partial charge < -0.3 is 5.73 Å². The Morgan fingerprint density at radius 2 is 2.05 bits per heavy atom. The van der Waals surface area contributed by atoms with Crippen molar-refractivity contribution < 1.29 is 9.18 Å². The van der Waals surface area contributed by atoms with Gasteiger partial charge in [0.25, 0.3) is 0 Å². The highest BCUT2D eigenvalue weighted by Gasteiger charge is 2.11. The van der Waals surface area contributed by atoms with Crippen LogP contribution in [0.5, 0.6) is 0 Å². The quantitative estimate of drug-likeness (QED) is 0.784. The standard InChI is InChI=1S/C15H10FN4O/c16-11-4-1-10(2-5-11)3-6-13-12-7-8-18-9-14(12)20(19-13)15(17)21/h1-7,9H,(H2,17,21). The summed E-state index contributed by atoms with van der Waals surface area (Å²) in [6, 6.07) is 6.98. The summed E-state index contributed by atoms with van der Waals surface area (Å²) < 4.78 is 13.9. The Morgan fingerprint density at radius 3 is 2.76 bits per heavy atom. The third-order valence-electron chi connectivity index (χ3n) is 2.97. The Morgan fingerprint density at radius 1 is 1.29 bits per heavy atom. The van der Waals surface area contributed by atoms with Crippen LogP contribution < -0.4 is 5.73 Å². The minimum absolute atomic E-state index is 0.295. The highest BCUT2D eigenvalue weighted by molar-refractivity contribution is 5.94. The first-order chi connectivity index (χ1) is 10.1. The Kier molecular flexibility index (Phi) is 3.19. The molecule has 2 heterocycles. The third kappa shape index (κ3) is 2.51. The molecule has 0 atom stereocenters. The summed E-state index contributed by atoms with van der Waals surface area (Å²) in [5.74, 6) is -0.295. The molecule has 3 aromatic rings. The lowest BCUT2D eigenvalue weighted by Gasteiger charge is -1.93. The molecule has 2 N–H and O–H groups in total. The molecule has 0 aliphatic rings. The maximum Gasteiger partial charge on any atom is 0.340 e. The number of hydrogen-bond donors (Lipinski definition) is 1. The zero-order valence-corrected chi connectivity index (χ0v) is 10.8. The van der Waals surface area contributed by atoms with Gasteiger partial charge in [-0.1, -0.05) is 18.2 Å². The van der Waals surface area contributed by atoms with Crippen LogP contribution in [0.2, 0.25) is 0 Å². The predicted octanol–water partition coefficient (Wildman–Crippen LogP) is 2.47. The van der Waals surface area contributed by atoms with Crippen molar-refractivity contribution in [2.75, 3.05) is 0 Å². The Hall–Kier alpha value is -3.02. The number of carbonyl (C=O) groups excluding carboxylic acids is 1. The van der Waals surface area contributed by atoms with Gasteiger partial charge >= 0.3 is 6.03 Å². The lowest BCUT2D eigenvalue weighted by Crippen LogP contribution is -2.20. The predicted molar refractivity (Wildman–Crippen MR) is 76.7 cm³/mol. The largest absolute Gasteiger partial charge is 0.350 e.